The summed E-state index contributed by atoms with van der Waals surface area (Å²) < 4.78 is 2.00. The fraction of sp³-hybridized carbons (Fsp3) is 0.200. The number of nitrogens with zero attached hydrogens (tertiary/aromatic N) is 3. The second kappa shape index (κ2) is 5.64. The summed E-state index contributed by atoms with van der Waals surface area (Å²) in [6, 6.07) is 12.3. The van der Waals surface area contributed by atoms with Gasteiger partial charge in [-0.25, -0.2) is 0 Å². The summed E-state index contributed by atoms with van der Waals surface area (Å²) in [5.74, 6) is 0. The van der Waals surface area contributed by atoms with Crippen molar-refractivity contribution in [3.8, 4) is 0 Å². The molecular weight excluding hydrogens is 268 g/mol. The summed E-state index contributed by atoms with van der Waals surface area (Å²) in [6.45, 7) is 2.75. The number of hydrogen-bond acceptors (Lipinski definition) is 4. The van der Waals surface area contributed by atoms with Gasteiger partial charge in [-0.3, -0.25) is 4.40 Å². The normalized spacial score (nSPS) is 11.1. The molecule has 2 N–H and O–H groups in total. The lowest BCUT2D eigenvalue weighted by atomic mass is 10.1. The van der Waals surface area contributed by atoms with E-state index in [2.05, 4.69) is 35.3 Å². The molecule has 102 valence electrons. The molecule has 0 aliphatic carbocycles. The first-order valence-electron chi connectivity index (χ1n) is 6.55. The quantitative estimate of drug-likeness (QED) is 0.800. The van der Waals surface area contributed by atoms with Crippen molar-refractivity contribution in [3.05, 3.63) is 53.7 Å². The Morgan fingerprint density at radius 2 is 2.10 bits per heavy atom. The third-order valence-corrected chi connectivity index (χ3v) is 4.19. The van der Waals surface area contributed by atoms with Crippen LogP contribution in [0.4, 0.5) is 0 Å². The number of nitrogens with two attached hydrogens (primary N) is 1. The van der Waals surface area contributed by atoms with E-state index in [0.717, 1.165) is 17.2 Å². The van der Waals surface area contributed by atoms with Crippen LogP contribution in [0.1, 0.15) is 11.1 Å². The highest BCUT2D eigenvalue weighted by molar-refractivity contribution is 7.99. The molecular formula is C15H16N4S. The van der Waals surface area contributed by atoms with Crippen LogP contribution in [0, 0.1) is 6.92 Å². The smallest absolute Gasteiger partial charge is 0.200 e. The van der Waals surface area contributed by atoms with Gasteiger partial charge in [0.05, 0.1) is 0 Å². The monoisotopic (exact) mass is 284 g/mol. The van der Waals surface area contributed by atoms with Crippen LogP contribution in [0.5, 0.6) is 0 Å². The fourth-order valence-corrected chi connectivity index (χ4v) is 3.11. The van der Waals surface area contributed by atoms with E-state index in [4.69, 9.17) is 5.73 Å². The number of pyridine rings is 1. The number of aromatic nitrogens is 3. The molecule has 0 bridgehead atoms. The molecule has 2 aromatic heterocycles. The summed E-state index contributed by atoms with van der Waals surface area (Å²) in [5.41, 5.74) is 9.09. The van der Waals surface area contributed by atoms with Gasteiger partial charge in [0.1, 0.15) is 0 Å². The molecule has 3 rings (SSSR count). The maximum absolute atomic E-state index is 5.70. The van der Waals surface area contributed by atoms with Crippen LogP contribution in [-0.2, 0) is 6.42 Å². The Labute approximate surface area is 122 Å². The van der Waals surface area contributed by atoms with Gasteiger partial charge >= 0.3 is 0 Å². The Hall–Kier alpha value is -1.85. The van der Waals surface area contributed by atoms with Crippen molar-refractivity contribution in [1.29, 1.82) is 0 Å². The van der Waals surface area contributed by atoms with Crippen molar-refractivity contribution in [2.75, 3.05) is 6.54 Å². The lowest BCUT2D eigenvalue weighted by molar-refractivity contribution is 0.912. The Balaban J connectivity index is 1.98. The van der Waals surface area contributed by atoms with Gasteiger partial charge in [-0.2, -0.15) is 0 Å². The molecule has 0 atom stereocenters. The van der Waals surface area contributed by atoms with E-state index in [1.54, 1.807) is 11.8 Å². The summed E-state index contributed by atoms with van der Waals surface area (Å²) >= 11 is 1.63. The van der Waals surface area contributed by atoms with Crippen LogP contribution in [0.2, 0.25) is 0 Å². The maximum atomic E-state index is 5.70. The molecule has 20 heavy (non-hydrogen) atoms. The number of benzene rings is 1. The van der Waals surface area contributed by atoms with Crippen LogP contribution >= 0.6 is 11.8 Å². The van der Waals surface area contributed by atoms with Gasteiger partial charge < -0.3 is 5.73 Å². The van der Waals surface area contributed by atoms with Gasteiger partial charge in [-0.1, -0.05) is 23.8 Å². The number of hydrogen-bond donors (Lipinski definition) is 1. The molecule has 4 nitrogen and oxygen atoms in total. The number of rotatable bonds is 4. The average molecular weight is 284 g/mol. The van der Waals surface area contributed by atoms with E-state index in [-0.39, 0.29) is 0 Å². The van der Waals surface area contributed by atoms with E-state index in [9.17, 15) is 0 Å². The zero-order valence-electron chi connectivity index (χ0n) is 11.3. The second-order valence-corrected chi connectivity index (χ2v) is 5.67. The third-order valence-electron chi connectivity index (χ3n) is 3.11. The first-order chi connectivity index (χ1) is 9.78. The minimum absolute atomic E-state index is 0.650. The zero-order chi connectivity index (χ0) is 13.9. The minimum Gasteiger partial charge on any atom is -0.330 e. The first-order valence-corrected chi connectivity index (χ1v) is 7.37. The lowest BCUT2D eigenvalue weighted by Crippen LogP contribution is -2.04. The summed E-state index contributed by atoms with van der Waals surface area (Å²) in [6.07, 6.45) is 2.86. The van der Waals surface area contributed by atoms with E-state index in [0.29, 0.717) is 6.54 Å². The van der Waals surface area contributed by atoms with Crippen molar-refractivity contribution in [3.63, 3.8) is 0 Å². The summed E-state index contributed by atoms with van der Waals surface area (Å²) in [5, 5.41) is 9.31. The molecule has 5 heteroatoms. The molecule has 0 spiro atoms. The highest BCUT2D eigenvalue weighted by Crippen LogP contribution is 2.30. The van der Waals surface area contributed by atoms with Crippen molar-refractivity contribution < 1.29 is 0 Å². The zero-order valence-corrected chi connectivity index (χ0v) is 12.1. The lowest BCUT2D eigenvalue weighted by Gasteiger charge is -2.08. The largest absolute Gasteiger partial charge is 0.330 e. The van der Waals surface area contributed by atoms with Crippen LogP contribution in [0.25, 0.3) is 5.65 Å². The topological polar surface area (TPSA) is 56.2 Å². The molecule has 0 aliphatic heterocycles. The Kier molecular flexibility index (Phi) is 3.71. The van der Waals surface area contributed by atoms with Crippen LogP contribution < -0.4 is 5.73 Å². The second-order valence-electron chi connectivity index (χ2n) is 4.66. The predicted octanol–water partition coefficient (Wildman–Crippen LogP) is 2.69. The molecule has 0 aliphatic rings. The Morgan fingerprint density at radius 3 is 2.95 bits per heavy atom. The van der Waals surface area contributed by atoms with Crippen molar-refractivity contribution >= 4 is 17.4 Å². The van der Waals surface area contributed by atoms with E-state index in [1.807, 2.05) is 28.8 Å². The molecule has 0 saturated carbocycles. The van der Waals surface area contributed by atoms with Crippen molar-refractivity contribution in [2.24, 2.45) is 5.73 Å². The predicted molar refractivity (Wildman–Crippen MR) is 81.0 cm³/mol. The van der Waals surface area contributed by atoms with Crippen LogP contribution in [0.3, 0.4) is 0 Å². The maximum Gasteiger partial charge on any atom is 0.200 e. The average Bonchev–Trinajstić information content (AvgIpc) is 2.86. The Bertz CT molecular complexity index is 736. The standard InChI is InChI=1S/C15H16N4S/c1-11-5-6-13(12(10-11)7-8-16)20-15-18-17-14-4-2-3-9-19(14)15/h2-6,9-10H,7-8,16H2,1H3. The van der Waals surface area contributed by atoms with Gasteiger partial charge in [0.25, 0.3) is 0 Å². The molecule has 3 aromatic rings. The van der Waals surface area contributed by atoms with Gasteiger partial charge in [0.15, 0.2) is 10.8 Å². The number of aryl methyl sites for hydroxylation is 1. The molecule has 0 unspecified atom stereocenters. The summed E-state index contributed by atoms with van der Waals surface area (Å²) in [7, 11) is 0. The molecule has 0 radical (unpaired) electrons. The molecule has 2 heterocycles. The van der Waals surface area contributed by atoms with Crippen LogP contribution in [0.15, 0.2) is 52.6 Å². The highest BCUT2D eigenvalue weighted by atomic mass is 32.2. The van der Waals surface area contributed by atoms with Gasteiger partial charge in [0, 0.05) is 11.1 Å². The van der Waals surface area contributed by atoms with Gasteiger partial charge in [-0.05, 0) is 55.4 Å². The fourth-order valence-electron chi connectivity index (χ4n) is 2.15. The SMILES string of the molecule is Cc1ccc(Sc2nnc3ccccn23)c(CCN)c1. The van der Waals surface area contributed by atoms with Gasteiger partial charge in [0.2, 0.25) is 0 Å². The van der Waals surface area contributed by atoms with Gasteiger partial charge in [-0.15, -0.1) is 10.2 Å². The van der Waals surface area contributed by atoms with Crippen LogP contribution in [-0.4, -0.2) is 21.1 Å². The van der Waals surface area contributed by atoms with E-state index >= 15 is 0 Å². The summed E-state index contributed by atoms with van der Waals surface area (Å²) in [4.78, 5) is 1.19. The molecule has 0 fully saturated rings. The minimum atomic E-state index is 0.650. The van der Waals surface area contributed by atoms with E-state index in [1.165, 1.54) is 16.0 Å². The first kappa shape index (κ1) is 13.1. The highest BCUT2D eigenvalue weighted by Gasteiger charge is 2.10. The molecule has 0 saturated heterocycles. The van der Waals surface area contributed by atoms with E-state index < -0.39 is 0 Å². The molecule has 0 amide bonds. The third kappa shape index (κ3) is 2.55. The molecule has 1 aromatic carbocycles. The number of fused-ring (bicyclic) bond motifs is 1. The van der Waals surface area contributed by atoms with Crippen molar-refractivity contribution in [2.45, 2.75) is 23.4 Å². The van der Waals surface area contributed by atoms with Crippen molar-refractivity contribution in [1.82, 2.24) is 14.6 Å². The Morgan fingerprint density at radius 1 is 1.20 bits per heavy atom.